The zero-order chi connectivity index (χ0) is 13.1. The lowest BCUT2D eigenvalue weighted by Crippen LogP contribution is -2.31. The smallest absolute Gasteiger partial charge is 0.254 e. The van der Waals surface area contributed by atoms with E-state index in [-0.39, 0.29) is 12.0 Å². The minimum atomic E-state index is -0.445. The maximum absolute atomic E-state index is 12.0. The lowest BCUT2D eigenvalue weighted by molar-refractivity contribution is -0.128. The molecule has 1 N–H and O–H groups in total. The van der Waals surface area contributed by atoms with Gasteiger partial charge in [-0.05, 0) is 33.6 Å². The van der Waals surface area contributed by atoms with Gasteiger partial charge in [-0.25, -0.2) is 4.98 Å². The van der Waals surface area contributed by atoms with Gasteiger partial charge in [0.15, 0.2) is 0 Å². The molecule has 0 spiro atoms. The van der Waals surface area contributed by atoms with Crippen LogP contribution in [-0.4, -0.2) is 27.7 Å². The van der Waals surface area contributed by atoms with E-state index in [0.29, 0.717) is 0 Å². The van der Waals surface area contributed by atoms with Crippen LogP contribution in [0, 0.1) is 0 Å². The van der Waals surface area contributed by atoms with Crippen molar-refractivity contribution in [2.45, 2.75) is 58.8 Å². The number of rotatable bonds is 4. The van der Waals surface area contributed by atoms with Gasteiger partial charge in [-0.2, -0.15) is 0 Å². The van der Waals surface area contributed by atoms with Crippen LogP contribution in [0.2, 0.25) is 0 Å². The third-order valence-electron chi connectivity index (χ3n) is 3.07. The van der Waals surface area contributed by atoms with E-state index in [1.54, 1.807) is 13.1 Å². The molecule has 1 aromatic rings. The van der Waals surface area contributed by atoms with Crippen LogP contribution in [0.1, 0.15) is 39.4 Å². The number of nitrogens with one attached hydrogen (secondary N) is 1. The number of carbonyl (C=O) groups excluding carboxylic acids is 1. The maximum atomic E-state index is 12.0. The number of nitrogens with zero attached hydrogens (tertiary/aromatic N) is 2. The lowest BCUT2D eigenvalue weighted by Gasteiger charge is -2.19. The number of imidazole rings is 1. The van der Waals surface area contributed by atoms with Crippen LogP contribution in [0.25, 0.3) is 0 Å². The van der Waals surface area contributed by atoms with Gasteiger partial charge in [-0.3, -0.25) is 4.79 Å². The summed E-state index contributed by atoms with van der Waals surface area (Å²) in [6.45, 7) is 6.54. The van der Waals surface area contributed by atoms with Gasteiger partial charge in [0, 0.05) is 13.0 Å². The van der Waals surface area contributed by atoms with Gasteiger partial charge >= 0.3 is 0 Å². The molecule has 0 saturated carbocycles. The third kappa shape index (κ3) is 2.90. The monoisotopic (exact) mass is 251 g/mol. The Morgan fingerprint density at radius 2 is 2.22 bits per heavy atom. The molecule has 0 saturated heterocycles. The molecule has 0 unspecified atom stereocenters. The molecule has 1 amide bonds. The largest absolute Gasteiger partial charge is 0.366 e. The summed E-state index contributed by atoms with van der Waals surface area (Å²) in [5.41, 5.74) is 0. The second kappa shape index (κ2) is 5.52. The number of amides is 1. The van der Waals surface area contributed by atoms with Crippen LogP contribution < -0.4 is 5.32 Å². The molecule has 2 heterocycles. The molecule has 0 fully saturated rings. The fourth-order valence-corrected chi connectivity index (χ4v) is 2.21. The second-order valence-corrected chi connectivity index (χ2v) is 4.98. The minimum Gasteiger partial charge on any atom is -0.366 e. The molecule has 1 aliphatic rings. The molecule has 2 rings (SSSR count). The summed E-state index contributed by atoms with van der Waals surface area (Å²) < 4.78 is 7.55. The molecule has 0 aromatic carbocycles. The summed E-state index contributed by atoms with van der Waals surface area (Å²) in [4.78, 5) is 16.3. The molecule has 5 nitrogen and oxygen atoms in total. The molecule has 18 heavy (non-hydrogen) atoms. The molecule has 1 aliphatic heterocycles. The van der Waals surface area contributed by atoms with Crippen molar-refractivity contribution in [1.82, 2.24) is 9.55 Å². The third-order valence-corrected chi connectivity index (χ3v) is 3.07. The number of hydrogen-bond donors (Lipinski definition) is 1. The van der Waals surface area contributed by atoms with E-state index < -0.39 is 6.10 Å². The molecule has 0 radical (unpaired) electrons. The summed E-state index contributed by atoms with van der Waals surface area (Å²) in [6, 6.07) is 0. The van der Waals surface area contributed by atoms with E-state index in [2.05, 4.69) is 14.9 Å². The molecular formula is C13H21N3O2. The fraction of sp³-hybridized carbons (Fsp3) is 0.692. The Kier molecular flexibility index (Phi) is 4.01. The van der Waals surface area contributed by atoms with Crippen molar-refractivity contribution in [2.75, 3.05) is 5.32 Å². The molecular weight excluding hydrogens is 230 g/mol. The first-order valence-electron chi connectivity index (χ1n) is 6.58. The summed E-state index contributed by atoms with van der Waals surface area (Å²) in [7, 11) is 0. The van der Waals surface area contributed by atoms with E-state index in [1.807, 2.05) is 13.8 Å². The zero-order valence-electron chi connectivity index (χ0n) is 11.3. The van der Waals surface area contributed by atoms with Crippen molar-refractivity contribution < 1.29 is 9.53 Å². The Morgan fingerprint density at radius 3 is 2.94 bits per heavy atom. The summed E-state index contributed by atoms with van der Waals surface area (Å²) in [6.07, 6.45) is 4.65. The van der Waals surface area contributed by atoms with Crippen LogP contribution in [0.3, 0.4) is 0 Å². The highest BCUT2D eigenvalue weighted by Gasteiger charge is 2.19. The molecule has 0 aliphatic carbocycles. The Morgan fingerprint density at radius 1 is 1.44 bits per heavy atom. The molecule has 1 aromatic heterocycles. The Bertz CT molecular complexity index is 426. The van der Waals surface area contributed by atoms with Gasteiger partial charge in [-0.1, -0.05) is 0 Å². The number of hydrogen-bond acceptors (Lipinski definition) is 3. The average Bonchev–Trinajstić information content (AvgIpc) is 2.72. The number of ether oxygens (including phenoxy) is 1. The highest BCUT2D eigenvalue weighted by atomic mass is 16.5. The van der Waals surface area contributed by atoms with Gasteiger partial charge < -0.3 is 14.6 Å². The van der Waals surface area contributed by atoms with Crippen LogP contribution in [0.4, 0.5) is 5.82 Å². The first kappa shape index (κ1) is 13.1. The number of carbonyl (C=O) groups is 1. The summed E-state index contributed by atoms with van der Waals surface area (Å²) >= 11 is 0. The van der Waals surface area contributed by atoms with Gasteiger partial charge in [0.2, 0.25) is 0 Å². The fourth-order valence-electron chi connectivity index (χ4n) is 2.21. The van der Waals surface area contributed by atoms with Gasteiger partial charge in [-0.15, -0.1) is 0 Å². The van der Waals surface area contributed by atoms with Crippen molar-refractivity contribution >= 4 is 11.7 Å². The second-order valence-electron chi connectivity index (χ2n) is 4.98. The highest BCUT2D eigenvalue weighted by molar-refractivity contribution is 5.93. The molecule has 5 heteroatoms. The van der Waals surface area contributed by atoms with E-state index >= 15 is 0 Å². The van der Waals surface area contributed by atoms with E-state index in [0.717, 1.165) is 31.0 Å². The quantitative estimate of drug-likeness (QED) is 0.890. The van der Waals surface area contributed by atoms with Crippen molar-refractivity contribution in [1.29, 1.82) is 0 Å². The SMILES string of the molecule is CC(C)O[C@H](C)C(=O)Nc1cnc2n1CCCC2. The van der Waals surface area contributed by atoms with Gasteiger partial charge in [0.05, 0.1) is 12.3 Å². The van der Waals surface area contributed by atoms with Crippen LogP contribution in [0.5, 0.6) is 0 Å². The number of anilines is 1. The van der Waals surface area contributed by atoms with E-state index in [9.17, 15) is 4.79 Å². The van der Waals surface area contributed by atoms with Crippen LogP contribution in [-0.2, 0) is 22.5 Å². The normalized spacial score (nSPS) is 16.4. The van der Waals surface area contributed by atoms with Crippen LogP contribution >= 0.6 is 0 Å². The predicted octanol–water partition coefficient (Wildman–Crippen LogP) is 1.97. The molecule has 1 atom stereocenters. The highest BCUT2D eigenvalue weighted by Crippen LogP contribution is 2.19. The molecule has 100 valence electrons. The van der Waals surface area contributed by atoms with E-state index in [4.69, 9.17) is 4.74 Å². The topological polar surface area (TPSA) is 56.1 Å². The van der Waals surface area contributed by atoms with Crippen molar-refractivity contribution in [3.63, 3.8) is 0 Å². The maximum Gasteiger partial charge on any atom is 0.254 e. The minimum absolute atomic E-state index is 0.0464. The number of aryl methyl sites for hydroxylation is 1. The predicted molar refractivity (Wildman–Crippen MR) is 69.5 cm³/mol. The van der Waals surface area contributed by atoms with Crippen molar-refractivity contribution in [2.24, 2.45) is 0 Å². The Balaban J connectivity index is 2.01. The molecule has 0 bridgehead atoms. The van der Waals surface area contributed by atoms with Crippen LogP contribution in [0.15, 0.2) is 6.20 Å². The lowest BCUT2D eigenvalue weighted by atomic mass is 10.2. The Labute approximate surface area is 108 Å². The summed E-state index contributed by atoms with van der Waals surface area (Å²) in [5.74, 6) is 1.74. The Hall–Kier alpha value is -1.36. The van der Waals surface area contributed by atoms with Gasteiger partial charge in [0.1, 0.15) is 17.7 Å². The van der Waals surface area contributed by atoms with E-state index in [1.165, 1.54) is 6.42 Å². The first-order chi connectivity index (χ1) is 8.58. The number of aromatic nitrogens is 2. The average molecular weight is 251 g/mol. The summed E-state index contributed by atoms with van der Waals surface area (Å²) in [5, 5.41) is 2.89. The first-order valence-corrected chi connectivity index (χ1v) is 6.58. The van der Waals surface area contributed by atoms with Crippen molar-refractivity contribution in [3.8, 4) is 0 Å². The number of fused-ring (bicyclic) bond motifs is 1. The zero-order valence-corrected chi connectivity index (χ0v) is 11.3. The standard InChI is InChI=1S/C13H21N3O2/c1-9(2)18-10(3)13(17)15-12-8-14-11-6-4-5-7-16(11)12/h8-10H,4-7H2,1-3H3,(H,15,17)/t10-/m1/s1. The van der Waals surface area contributed by atoms with Crippen molar-refractivity contribution in [3.05, 3.63) is 12.0 Å². The van der Waals surface area contributed by atoms with Gasteiger partial charge in [0.25, 0.3) is 5.91 Å².